The van der Waals surface area contributed by atoms with E-state index in [0.29, 0.717) is 21.7 Å². The first-order valence-electron chi connectivity index (χ1n) is 3.16. The van der Waals surface area contributed by atoms with Crippen molar-refractivity contribution in [1.29, 1.82) is 0 Å². The van der Waals surface area contributed by atoms with E-state index in [9.17, 15) is 0 Å². The van der Waals surface area contributed by atoms with Gasteiger partial charge in [0.25, 0.3) is 5.65 Å². The summed E-state index contributed by atoms with van der Waals surface area (Å²) < 4.78 is 0.591. The number of H-pyrrole nitrogens is 2. The molecule has 0 unspecified atom stereocenters. The van der Waals surface area contributed by atoms with Crippen molar-refractivity contribution < 1.29 is 4.98 Å². The molecule has 6 N–H and O–H groups in total. The summed E-state index contributed by atoms with van der Waals surface area (Å²) in [7, 11) is 0. The summed E-state index contributed by atoms with van der Waals surface area (Å²) in [6, 6.07) is 0. The number of nitrogens with zero attached hydrogens (tertiary/aromatic N) is 2. The van der Waals surface area contributed by atoms with Gasteiger partial charge in [-0.15, -0.1) is 4.98 Å². The van der Waals surface area contributed by atoms with Crippen LogP contribution in [0.1, 0.15) is 0 Å². The van der Waals surface area contributed by atoms with Crippen LogP contribution >= 0.6 is 15.9 Å². The van der Waals surface area contributed by atoms with Crippen LogP contribution < -0.4 is 16.5 Å². The van der Waals surface area contributed by atoms with Gasteiger partial charge in [0.05, 0.1) is 0 Å². The number of nitrogens with two attached hydrogens (primary N) is 2. The fourth-order valence-corrected chi connectivity index (χ4v) is 1.33. The number of fused-ring (bicyclic) bond motifs is 1. The maximum Gasteiger partial charge on any atom is 0.344 e. The zero-order valence-electron chi connectivity index (χ0n) is 5.93. The Labute approximate surface area is 75.5 Å². The highest BCUT2D eigenvalue weighted by molar-refractivity contribution is 9.10. The molecule has 0 bridgehead atoms. The fourth-order valence-electron chi connectivity index (χ4n) is 0.955. The molecule has 0 aliphatic rings. The van der Waals surface area contributed by atoms with E-state index in [1.54, 1.807) is 0 Å². The van der Waals surface area contributed by atoms with E-state index < -0.39 is 0 Å². The molecule has 2 aromatic rings. The normalized spacial score (nSPS) is 10.8. The molecule has 2 heterocycles. The summed E-state index contributed by atoms with van der Waals surface area (Å²) in [5.41, 5.74) is 12.2. The van der Waals surface area contributed by atoms with Gasteiger partial charge in [-0.05, 0) is 0 Å². The number of aromatic nitrogens is 4. The van der Waals surface area contributed by atoms with Gasteiger partial charge < -0.3 is 16.5 Å². The van der Waals surface area contributed by atoms with E-state index in [0.717, 1.165) is 0 Å². The van der Waals surface area contributed by atoms with Crippen LogP contribution in [-0.2, 0) is 0 Å². The van der Waals surface area contributed by atoms with E-state index in [2.05, 4.69) is 35.9 Å². The second kappa shape index (κ2) is 2.31. The molecule has 0 saturated heterocycles. The van der Waals surface area contributed by atoms with Gasteiger partial charge in [-0.1, -0.05) is 4.98 Å². The van der Waals surface area contributed by atoms with Crippen molar-refractivity contribution in [2.75, 3.05) is 11.5 Å². The minimum absolute atomic E-state index is 0.249. The molecule has 0 spiro atoms. The molecule has 0 aliphatic carbocycles. The third-order valence-corrected chi connectivity index (χ3v) is 1.79. The van der Waals surface area contributed by atoms with Crippen LogP contribution in [0.15, 0.2) is 4.73 Å². The van der Waals surface area contributed by atoms with Gasteiger partial charge in [-0.25, -0.2) is 4.98 Å². The second-order valence-corrected chi connectivity index (χ2v) is 3.01. The van der Waals surface area contributed by atoms with E-state index in [4.69, 9.17) is 11.5 Å². The molecule has 0 atom stereocenters. The van der Waals surface area contributed by atoms with Crippen molar-refractivity contribution in [2.45, 2.75) is 0 Å². The number of nitrogens with one attached hydrogen (secondary N) is 2. The van der Waals surface area contributed by atoms with Gasteiger partial charge >= 0.3 is 5.95 Å². The Bertz CT molecular complexity index is 435. The first kappa shape index (κ1) is 7.29. The molecule has 2 aromatic heterocycles. The number of hydrogen-bond acceptors (Lipinski definition) is 4. The molecule has 7 heteroatoms. The average molecular weight is 230 g/mol. The highest BCUT2D eigenvalue weighted by Crippen LogP contribution is 2.15. The Balaban J connectivity index is 2.88. The molecular formula is C5H6BrN6+. The van der Waals surface area contributed by atoms with Crippen LogP contribution in [0.5, 0.6) is 0 Å². The lowest BCUT2D eigenvalue weighted by atomic mass is 10.5. The van der Waals surface area contributed by atoms with E-state index in [1.165, 1.54) is 0 Å². The van der Waals surface area contributed by atoms with Crippen LogP contribution in [0.3, 0.4) is 0 Å². The summed E-state index contributed by atoms with van der Waals surface area (Å²) >= 11 is 3.17. The standard InChI is InChI=1S/C5H5BrN6/c6-4-9-1-2(7)10-5(8)12-3(1)11-4/h(H5,7,8,9,10,11,12)/p+1. The monoisotopic (exact) mass is 229 g/mol. The maximum absolute atomic E-state index is 5.57. The minimum atomic E-state index is 0.249. The minimum Gasteiger partial charge on any atom is -0.371 e. The van der Waals surface area contributed by atoms with Crippen molar-refractivity contribution in [1.82, 2.24) is 15.0 Å². The van der Waals surface area contributed by atoms with Crippen LogP contribution in [0.25, 0.3) is 11.2 Å². The molecule has 0 radical (unpaired) electrons. The van der Waals surface area contributed by atoms with Crippen LogP contribution in [0.4, 0.5) is 11.8 Å². The van der Waals surface area contributed by atoms with E-state index >= 15 is 0 Å². The highest BCUT2D eigenvalue weighted by atomic mass is 79.9. The van der Waals surface area contributed by atoms with Crippen molar-refractivity contribution in [3.8, 4) is 0 Å². The zero-order chi connectivity index (χ0) is 8.72. The average Bonchev–Trinajstić information content (AvgIpc) is 2.29. The maximum atomic E-state index is 5.57. The molecule has 0 fully saturated rings. The topological polar surface area (TPSA) is 108 Å². The van der Waals surface area contributed by atoms with Gasteiger partial charge in [0.2, 0.25) is 10.6 Å². The molecular weight excluding hydrogens is 224 g/mol. The van der Waals surface area contributed by atoms with Crippen LogP contribution in [-0.4, -0.2) is 15.0 Å². The second-order valence-electron chi connectivity index (χ2n) is 2.26. The van der Waals surface area contributed by atoms with Gasteiger partial charge in [0, 0.05) is 15.9 Å². The quantitative estimate of drug-likeness (QED) is 0.540. The number of anilines is 2. The van der Waals surface area contributed by atoms with Crippen molar-refractivity contribution in [3.63, 3.8) is 0 Å². The fraction of sp³-hybridized carbons (Fsp3) is 0. The first-order chi connectivity index (χ1) is 5.66. The molecule has 0 aliphatic heterocycles. The van der Waals surface area contributed by atoms with Crippen LogP contribution in [0, 0.1) is 0 Å². The predicted octanol–water partition coefficient (Wildman–Crippen LogP) is -0.301. The number of rotatable bonds is 0. The zero-order valence-corrected chi connectivity index (χ0v) is 7.51. The molecule has 62 valence electrons. The van der Waals surface area contributed by atoms with Gasteiger partial charge in [0.15, 0.2) is 5.52 Å². The third-order valence-electron chi connectivity index (χ3n) is 1.42. The van der Waals surface area contributed by atoms with Crippen LogP contribution in [0.2, 0.25) is 0 Å². The number of hydrogen-bond donors (Lipinski definition) is 3. The van der Waals surface area contributed by atoms with Crippen molar-refractivity contribution in [2.24, 2.45) is 0 Å². The molecule has 0 saturated carbocycles. The Hall–Kier alpha value is -1.37. The largest absolute Gasteiger partial charge is 0.371 e. The lowest BCUT2D eigenvalue weighted by Gasteiger charge is -1.88. The Kier molecular flexibility index (Phi) is 1.40. The molecule has 0 aromatic carbocycles. The number of halogens is 1. The van der Waals surface area contributed by atoms with Gasteiger partial charge in [-0.2, -0.15) is 0 Å². The Morgan fingerprint density at radius 1 is 1.33 bits per heavy atom. The van der Waals surface area contributed by atoms with E-state index in [1.807, 2.05) is 0 Å². The smallest absolute Gasteiger partial charge is 0.344 e. The number of nitrogen functional groups attached to an aromatic ring is 2. The number of aromatic amines is 2. The van der Waals surface area contributed by atoms with E-state index in [-0.39, 0.29) is 5.95 Å². The summed E-state index contributed by atoms with van der Waals surface area (Å²) in [4.78, 5) is 13.5. The summed E-state index contributed by atoms with van der Waals surface area (Å²) in [6.07, 6.45) is 0. The van der Waals surface area contributed by atoms with Gasteiger partial charge in [0.1, 0.15) is 0 Å². The first-order valence-corrected chi connectivity index (χ1v) is 3.95. The third kappa shape index (κ3) is 0.981. The van der Waals surface area contributed by atoms with Crippen molar-refractivity contribution >= 4 is 38.9 Å². The van der Waals surface area contributed by atoms with Gasteiger partial charge in [-0.3, -0.25) is 0 Å². The highest BCUT2D eigenvalue weighted by Gasteiger charge is 2.12. The van der Waals surface area contributed by atoms with Crippen molar-refractivity contribution in [3.05, 3.63) is 4.73 Å². The molecule has 0 amide bonds. The number of imidazole rings is 1. The molecule has 12 heavy (non-hydrogen) atoms. The lowest BCUT2D eigenvalue weighted by molar-refractivity contribution is -0.333. The Morgan fingerprint density at radius 2 is 2.08 bits per heavy atom. The summed E-state index contributed by atoms with van der Waals surface area (Å²) in [5.74, 6) is 0.582. The Morgan fingerprint density at radius 3 is 2.83 bits per heavy atom. The molecule has 6 nitrogen and oxygen atoms in total. The predicted molar refractivity (Wildman–Crippen MR) is 47.0 cm³/mol. The SMILES string of the molecule is Nc1nc(N)c2[nH]c(Br)nc2[nH+]1. The lowest BCUT2D eigenvalue weighted by Crippen LogP contribution is -2.15. The summed E-state index contributed by atoms with van der Waals surface area (Å²) in [5, 5.41) is 0. The summed E-state index contributed by atoms with van der Waals surface area (Å²) in [6.45, 7) is 0. The molecule has 2 rings (SSSR count).